The minimum atomic E-state index is -4.07. The van der Waals surface area contributed by atoms with E-state index < -0.39 is 12.6 Å². The molecule has 1 aromatic rings. The summed E-state index contributed by atoms with van der Waals surface area (Å²) in [5, 5.41) is 4.31. The van der Waals surface area contributed by atoms with E-state index in [1.807, 2.05) is 25.6 Å². The number of alkyl halides is 3. The van der Waals surface area contributed by atoms with Gasteiger partial charge in [0.1, 0.15) is 0 Å². The van der Waals surface area contributed by atoms with Crippen LogP contribution in [0.1, 0.15) is 42.6 Å². The van der Waals surface area contributed by atoms with E-state index in [0.717, 1.165) is 23.4 Å². The van der Waals surface area contributed by atoms with Gasteiger partial charge in [0.25, 0.3) is 0 Å². The number of rotatable bonds is 6. The molecule has 3 nitrogen and oxygen atoms in total. The summed E-state index contributed by atoms with van der Waals surface area (Å²) in [7, 11) is 1.88. The molecule has 1 aromatic heterocycles. The fourth-order valence-electron chi connectivity index (χ4n) is 2.22. The highest BCUT2D eigenvalue weighted by molar-refractivity contribution is 5.24. The van der Waals surface area contributed by atoms with Crippen molar-refractivity contribution in [2.45, 2.75) is 58.2 Å². The van der Waals surface area contributed by atoms with Gasteiger partial charge in [0.05, 0.1) is 5.69 Å². The molecule has 110 valence electrons. The predicted octanol–water partition coefficient (Wildman–Crippen LogP) is 3.03. The van der Waals surface area contributed by atoms with Gasteiger partial charge < -0.3 is 5.73 Å². The molecule has 0 spiro atoms. The van der Waals surface area contributed by atoms with E-state index in [-0.39, 0.29) is 12.5 Å². The normalized spacial score (nSPS) is 13.8. The summed E-state index contributed by atoms with van der Waals surface area (Å²) in [5.74, 6) is 0. The van der Waals surface area contributed by atoms with E-state index in [2.05, 4.69) is 5.10 Å². The van der Waals surface area contributed by atoms with Gasteiger partial charge in [-0.15, -0.1) is 0 Å². The molecule has 0 fully saturated rings. The highest BCUT2D eigenvalue weighted by Crippen LogP contribution is 2.23. The van der Waals surface area contributed by atoms with Gasteiger partial charge in [-0.2, -0.15) is 18.3 Å². The van der Waals surface area contributed by atoms with Crippen molar-refractivity contribution in [1.29, 1.82) is 0 Å². The summed E-state index contributed by atoms with van der Waals surface area (Å²) in [6.45, 7) is 3.93. The van der Waals surface area contributed by atoms with E-state index in [9.17, 15) is 13.2 Å². The Hall–Kier alpha value is -1.04. The number of hydrogen-bond acceptors (Lipinski definition) is 2. The summed E-state index contributed by atoms with van der Waals surface area (Å²) < 4.78 is 37.9. The van der Waals surface area contributed by atoms with Crippen molar-refractivity contribution in [3.05, 3.63) is 17.0 Å². The van der Waals surface area contributed by atoms with Crippen LogP contribution < -0.4 is 5.73 Å². The molecule has 0 aliphatic heterocycles. The Balaban J connectivity index is 2.36. The Morgan fingerprint density at radius 3 is 2.37 bits per heavy atom. The quantitative estimate of drug-likeness (QED) is 0.868. The molecule has 0 aromatic carbocycles. The molecule has 0 radical (unpaired) electrons. The van der Waals surface area contributed by atoms with Gasteiger partial charge in [0.2, 0.25) is 0 Å². The van der Waals surface area contributed by atoms with Gasteiger partial charge in [-0.05, 0) is 45.1 Å². The van der Waals surface area contributed by atoms with Crippen LogP contribution in [0.5, 0.6) is 0 Å². The Labute approximate surface area is 112 Å². The maximum Gasteiger partial charge on any atom is 0.389 e. The first kappa shape index (κ1) is 16.0. The van der Waals surface area contributed by atoms with Crippen molar-refractivity contribution >= 4 is 0 Å². The number of hydrogen-bond donors (Lipinski definition) is 1. The number of aromatic nitrogens is 2. The van der Waals surface area contributed by atoms with Crippen molar-refractivity contribution in [3.63, 3.8) is 0 Å². The van der Waals surface area contributed by atoms with Crippen molar-refractivity contribution < 1.29 is 13.2 Å². The van der Waals surface area contributed by atoms with Gasteiger partial charge in [-0.1, -0.05) is 0 Å². The van der Waals surface area contributed by atoms with E-state index in [1.165, 1.54) is 0 Å². The fraction of sp³-hybridized carbons (Fsp3) is 0.769. The second-order valence-corrected chi connectivity index (χ2v) is 5.08. The third kappa shape index (κ3) is 5.22. The number of halogens is 3. The standard InChI is InChI=1S/C13H22F3N3/c1-9-12(10(2)19(3)18-9)7-6-11(17)5-4-8-13(14,15)16/h11H,4-8,17H2,1-3H3. The Bertz CT molecular complexity index is 410. The zero-order valence-corrected chi connectivity index (χ0v) is 11.7. The lowest BCUT2D eigenvalue weighted by Crippen LogP contribution is -2.21. The summed E-state index contributed by atoms with van der Waals surface area (Å²) in [5.41, 5.74) is 9.10. The van der Waals surface area contributed by atoms with E-state index in [4.69, 9.17) is 5.73 Å². The molecule has 1 heterocycles. The largest absolute Gasteiger partial charge is 0.389 e. The first-order chi connectivity index (χ1) is 8.70. The first-order valence-corrected chi connectivity index (χ1v) is 6.52. The third-order valence-corrected chi connectivity index (χ3v) is 3.46. The predicted molar refractivity (Wildman–Crippen MR) is 68.9 cm³/mol. The average molecular weight is 277 g/mol. The molecule has 6 heteroatoms. The Morgan fingerprint density at radius 1 is 1.26 bits per heavy atom. The SMILES string of the molecule is Cc1nn(C)c(C)c1CCC(N)CCCC(F)(F)F. The highest BCUT2D eigenvalue weighted by atomic mass is 19.4. The summed E-state index contributed by atoms with van der Waals surface area (Å²) in [4.78, 5) is 0. The lowest BCUT2D eigenvalue weighted by atomic mass is 10.0. The molecule has 0 aliphatic carbocycles. The smallest absolute Gasteiger partial charge is 0.328 e. The minimum Gasteiger partial charge on any atom is -0.328 e. The van der Waals surface area contributed by atoms with Gasteiger partial charge >= 0.3 is 6.18 Å². The molecular weight excluding hydrogens is 255 g/mol. The van der Waals surface area contributed by atoms with Gasteiger partial charge in [0, 0.05) is 25.2 Å². The molecule has 1 rings (SSSR count). The molecule has 0 bridgehead atoms. The topological polar surface area (TPSA) is 43.8 Å². The average Bonchev–Trinajstić information content (AvgIpc) is 2.49. The van der Waals surface area contributed by atoms with E-state index in [0.29, 0.717) is 12.8 Å². The van der Waals surface area contributed by atoms with Crippen LogP contribution in [0.15, 0.2) is 0 Å². The molecule has 0 saturated carbocycles. The summed E-state index contributed by atoms with van der Waals surface area (Å²) in [6, 6.07) is -0.179. The monoisotopic (exact) mass is 277 g/mol. The van der Waals surface area contributed by atoms with E-state index in [1.54, 1.807) is 0 Å². The molecule has 0 aliphatic rings. The maximum absolute atomic E-state index is 12.0. The van der Waals surface area contributed by atoms with Crippen molar-refractivity contribution in [2.24, 2.45) is 12.8 Å². The Morgan fingerprint density at radius 2 is 1.89 bits per heavy atom. The van der Waals surface area contributed by atoms with Crippen LogP contribution in [-0.4, -0.2) is 22.0 Å². The minimum absolute atomic E-state index is 0.107. The van der Waals surface area contributed by atoms with Gasteiger partial charge in [0.15, 0.2) is 0 Å². The summed E-state index contributed by atoms with van der Waals surface area (Å²) >= 11 is 0. The van der Waals surface area contributed by atoms with Crippen molar-refractivity contribution in [1.82, 2.24) is 9.78 Å². The lowest BCUT2D eigenvalue weighted by Gasteiger charge is -2.12. The Kier molecular flexibility index (Phi) is 5.40. The van der Waals surface area contributed by atoms with Crippen LogP contribution in [-0.2, 0) is 13.5 Å². The van der Waals surface area contributed by atoms with Crippen LogP contribution in [0.3, 0.4) is 0 Å². The van der Waals surface area contributed by atoms with Crippen molar-refractivity contribution in [3.8, 4) is 0 Å². The summed E-state index contributed by atoms with van der Waals surface area (Å²) in [6.07, 6.45) is -2.82. The molecule has 1 atom stereocenters. The number of nitrogens with two attached hydrogens (primary N) is 1. The van der Waals surface area contributed by atoms with Crippen LogP contribution in [0.25, 0.3) is 0 Å². The molecule has 19 heavy (non-hydrogen) atoms. The second-order valence-electron chi connectivity index (χ2n) is 5.08. The van der Waals surface area contributed by atoms with Crippen LogP contribution >= 0.6 is 0 Å². The highest BCUT2D eigenvalue weighted by Gasteiger charge is 2.26. The molecule has 1 unspecified atom stereocenters. The first-order valence-electron chi connectivity index (χ1n) is 6.52. The lowest BCUT2D eigenvalue weighted by molar-refractivity contribution is -0.135. The van der Waals surface area contributed by atoms with Gasteiger partial charge in [-0.3, -0.25) is 4.68 Å². The molecule has 0 amide bonds. The zero-order valence-electron chi connectivity index (χ0n) is 11.7. The fourth-order valence-corrected chi connectivity index (χ4v) is 2.22. The van der Waals surface area contributed by atoms with Crippen LogP contribution in [0.2, 0.25) is 0 Å². The molecular formula is C13H22F3N3. The van der Waals surface area contributed by atoms with Crippen LogP contribution in [0, 0.1) is 13.8 Å². The van der Waals surface area contributed by atoms with E-state index >= 15 is 0 Å². The zero-order chi connectivity index (χ0) is 14.6. The number of nitrogens with zero attached hydrogens (tertiary/aromatic N) is 2. The van der Waals surface area contributed by atoms with Crippen molar-refractivity contribution in [2.75, 3.05) is 0 Å². The van der Waals surface area contributed by atoms with Gasteiger partial charge in [-0.25, -0.2) is 0 Å². The van der Waals surface area contributed by atoms with Crippen LogP contribution in [0.4, 0.5) is 13.2 Å². The number of aryl methyl sites for hydroxylation is 2. The maximum atomic E-state index is 12.0. The second kappa shape index (κ2) is 6.41. The molecule has 2 N–H and O–H groups in total. The molecule has 0 saturated heterocycles. The third-order valence-electron chi connectivity index (χ3n) is 3.46.